The largest absolute Gasteiger partial charge is 0.497 e. The molecular weight excluding hydrogens is 284 g/mol. The van der Waals surface area contributed by atoms with E-state index < -0.39 is 0 Å². The summed E-state index contributed by atoms with van der Waals surface area (Å²) in [5.41, 5.74) is 2.88. The molecule has 0 aliphatic carbocycles. The van der Waals surface area contributed by atoms with Gasteiger partial charge in [-0.2, -0.15) is 0 Å². The number of hydrogen-bond donors (Lipinski definition) is 2. The number of ether oxygens (including phenoxy) is 2. The molecule has 0 amide bonds. The number of methoxy groups -OCH3 is 2. The van der Waals surface area contributed by atoms with Crippen LogP contribution in [0.2, 0.25) is 0 Å². The van der Waals surface area contributed by atoms with E-state index in [4.69, 9.17) is 21.7 Å². The first-order valence-corrected chi connectivity index (χ1v) is 6.90. The molecule has 110 valence electrons. The van der Waals surface area contributed by atoms with Gasteiger partial charge in [0, 0.05) is 11.8 Å². The molecule has 0 radical (unpaired) electrons. The van der Waals surface area contributed by atoms with Gasteiger partial charge in [0.05, 0.1) is 19.9 Å². The maximum Gasteiger partial charge on any atom is 0.175 e. The van der Waals surface area contributed by atoms with Crippen LogP contribution in [-0.4, -0.2) is 19.3 Å². The van der Waals surface area contributed by atoms with Gasteiger partial charge in [0.25, 0.3) is 0 Å². The third-order valence-corrected chi connectivity index (χ3v) is 3.17. The van der Waals surface area contributed by atoms with Crippen LogP contribution in [0.1, 0.15) is 5.56 Å². The fourth-order valence-corrected chi connectivity index (χ4v) is 2.06. The lowest BCUT2D eigenvalue weighted by molar-refractivity contribution is 0.405. The van der Waals surface area contributed by atoms with E-state index in [1.807, 2.05) is 49.4 Å². The molecule has 0 unspecified atom stereocenters. The van der Waals surface area contributed by atoms with Gasteiger partial charge >= 0.3 is 0 Å². The molecule has 21 heavy (non-hydrogen) atoms. The highest BCUT2D eigenvalue weighted by Crippen LogP contribution is 2.29. The lowest BCUT2D eigenvalue weighted by atomic mass is 10.2. The van der Waals surface area contributed by atoms with E-state index in [1.54, 1.807) is 14.2 Å². The number of aryl methyl sites for hydroxylation is 1. The predicted octanol–water partition coefficient (Wildman–Crippen LogP) is 3.82. The molecule has 0 atom stereocenters. The van der Waals surface area contributed by atoms with Crippen LogP contribution in [0.4, 0.5) is 11.4 Å². The Morgan fingerprint density at radius 2 is 1.67 bits per heavy atom. The fraction of sp³-hybridized carbons (Fsp3) is 0.188. The Morgan fingerprint density at radius 3 is 2.29 bits per heavy atom. The molecule has 2 aromatic rings. The molecule has 0 fully saturated rings. The zero-order chi connectivity index (χ0) is 15.2. The van der Waals surface area contributed by atoms with Crippen LogP contribution in [0.3, 0.4) is 0 Å². The van der Waals surface area contributed by atoms with Gasteiger partial charge < -0.3 is 20.1 Å². The normalized spacial score (nSPS) is 9.86. The Morgan fingerprint density at radius 1 is 0.952 bits per heavy atom. The van der Waals surface area contributed by atoms with Gasteiger partial charge in [0.2, 0.25) is 0 Å². The molecule has 2 rings (SSSR count). The Bertz CT molecular complexity index is 627. The highest BCUT2D eigenvalue weighted by molar-refractivity contribution is 7.80. The van der Waals surface area contributed by atoms with Crippen LogP contribution in [0.25, 0.3) is 0 Å². The maximum absolute atomic E-state index is 5.32. The SMILES string of the molecule is COc1ccc(OC)c(NC(=S)Nc2ccc(C)cc2)c1. The van der Waals surface area contributed by atoms with E-state index >= 15 is 0 Å². The summed E-state index contributed by atoms with van der Waals surface area (Å²) in [5.74, 6) is 1.43. The molecule has 0 aliphatic heterocycles. The molecule has 0 bridgehead atoms. The summed E-state index contributed by atoms with van der Waals surface area (Å²) in [6.45, 7) is 2.04. The van der Waals surface area contributed by atoms with E-state index in [1.165, 1.54) is 5.56 Å². The number of hydrogen-bond acceptors (Lipinski definition) is 3. The van der Waals surface area contributed by atoms with Crippen LogP contribution in [0.5, 0.6) is 11.5 Å². The first-order chi connectivity index (χ1) is 10.1. The molecule has 2 N–H and O–H groups in total. The predicted molar refractivity (Wildman–Crippen MR) is 90.6 cm³/mol. The quantitative estimate of drug-likeness (QED) is 0.840. The van der Waals surface area contributed by atoms with Crippen LogP contribution in [-0.2, 0) is 0 Å². The van der Waals surface area contributed by atoms with Crippen LogP contribution >= 0.6 is 12.2 Å². The van der Waals surface area contributed by atoms with Gasteiger partial charge in [0.1, 0.15) is 11.5 Å². The second kappa shape index (κ2) is 6.95. The van der Waals surface area contributed by atoms with Crippen molar-refractivity contribution in [2.45, 2.75) is 6.92 Å². The maximum atomic E-state index is 5.32. The second-order valence-electron chi connectivity index (χ2n) is 4.51. The number of thiocarbonyl (C=S) groups is 1. The van der Waals surface area contributed by atoms with Crippen LogP contribution in [0, 0.1) is 6.92 Å². The third kappa shape index (κ3) is 4.10. The van der Waals surface area contributed by atoms with E-state index in [0.29, 0.717) is 10.9 Å². The molecule has 0 spiro atoms. The smallest absolute Gasteiger partial charge is 0.175 e. The van der Waals surface area contributed by atoms with Crippen molar-refractivity contribution >= 4 is 28.7 Å². The van der Waals surface area contributed by atoms with E-state index in [0.717, 1.165) is 17.1 Å². The lowest BCUT2D eigenvalue weighted by Crippen LogP contribution is -2.19. The van der Waals surface area contributed by atoms with E-state index in [9.17, 15) is 0 Å². The van der Waals surface area contributed by atoms with Gasteiger partial charge in [0.15, 0.2) is 5.11 Å². The van der Waals surface area contributed by atoms with Crippen molar-refractivity contribution in [3.05, 3.63) is 48.0 Å². The molecule has 2 aromatic carbocycles. The molecule has 0 aliphatic rings. The Labute approximate surface area is 130 Å². The topological polar surface area (TPSA) is 42.5 Å². The molecule has 0 saturated heterocycles. The Kier molecular flexibility index (Phi) is 5.00. The van der Waals surface area contributed by atoms with Crippen molar-refractivity contribution in [2.24, 2.45) is 0 Å². The van der Waals surface area contributed by atoms with Crippen molar-refractivity contribution in [1.82, 2.24) is 0 Å². The molecule has 4 nitrogen and oxygen atoms in total. The fourth-order valence-electron chi connectivity index (χ4n) is 1.83. The van der Waals surface area contributed by atoms with Crippen molar-refractivity contribution in [3.8, 4) is 11.5 Å². The molecule has 0 heterocycles. The standard InChI is InChI=1S/C16H18N2O2S/c1-11-4-6-12(7-5-11)17-16(21)18-14-10-13(19-2)8-9-15(14)20-3/h4-10H,1-3H3,(H2,17,18,21). The van der Waals surface area contributed by atoms with Crippen molar-refractivity contribution in [3.63, 3.8) is 0 Å². The van der Waals surface area contributed by atoms with Crippen molar-refractivity contribution in [1.29, 1.82) is 0 Å². The number of rotatable bonds is 4. The lowest BCUT2D eigenvalue weighted by Gasteiger charge is -2.14. The average Bonchev–Trinajstić information content (AvgIpc) is 2.49. The Balaban J connectivity index is 2.09. The minimum absolute atomic E-state index is 0.491. The van der Waals surface area contributed by atoms with Gasteiger partial charge in [-0.3, -0.25) is 0 Å². The van der Waals surface area contributed by atoms with Crippen molar-refractivity contribution < 1.29 is 9.47 Å². The zero-order valence-corrected chi connectivity index (χ0v) is 13.1. The second-order valence-corrected chi connectivity index (χ2v) is 4.92. The van der Waals surface area contributed by atoms with Crippen LogP contribution in [0.15, 0.2) is 42.5 Å². The first-order valence-electron chi connectivity index (χ1n) is 6.49. The minimum Gasteiger partial charge on any atom is -0.497 e. The Hall–Kier alpha value is -2.27. The monoisotopic (exact) mass is 302 g/mol. The summed E-state index contributed by atoms with van der Waals surface area (Å²) >= 11 is 5.32. The number of nitrogens with one attached hydrogen (secondary N) is 2. The highest BCUT2D eigenvalue weighted by Gasteiger charge is 2.07. The van der Waals surface area contributed by atoms with Gasteiger partial charge in [-0.1, -0.05) is 17.7 Å². The zero-order valence-electron chi connectivity index (χ0n) is 12.3. The third-order valence-electron chi connectivity index (χ3n) is 2.96. The average molecular weight is 302 g/mol. The number of anilines is 2. The molecule has 0 saturated carbocycles. The minimum atomic E-state index is 0.491. The first kappa shape index (κ1) is 15.1. The summed E-state index contributed by atoms with van der Waals surface area (Å²) in [6, 6.07) is 13.5. The van der Waals surface area contributed by atoms with Crippen molar-refractivity contribution in [2.75, 3.05) is 24.9 Å². The summed E-state index contributed by atoms with van der Waals surface area (Å²) in [6.07, 6.45) is 0. The van der Waals surface area contributed by atoms with E-state index in [2.05, 4.69) is 10.6 Å². The summed E-state index contributed by atoms with van der Waals surface area (Å²) < 4.78 is 10.5. The summed E-state index contributed by atoms with van der Waals surface area (Å²) in [5, 5.41) is 6.74. The molecule has 5 heteroatoms. The number of benzene rings is 2. The van der Waals surface area contributed by atoms with E-state index in [-0.39, 0.29) is 0 Å². The molecule has 0 aromatic heterocycles. The van der Waals surface area contributed by atoms with Gasteiger partial charge in [-0.15, -0.1) is 0 Å². The summed E-state index contributed by atoms with van der Waals surface area (Å²) in [4.78, 5) is 0. The van der Waals surface area contributed by atoms with Crippen LogP contribution < -0.4 is 20.1 Å². The summed E-state index contributed by atoms with van der Waals surface area (Å²) in [7, 11) is 3.23. The highest BCUT2D eigenvalue weighted by atomic mass is 32.1. The van der Waals surface area contributed by atoms with Gasteiger partial charge in [-0.05, 0) is 43.4 Å². The molecular formula is C16H18N2O2S. The van der Waals surface area contributed by atoms with Gasteiger partial charge in [-0.25, -0.2) is 0 Å².